The van der Waals surface area contributed by atoms with E-state index in [1.54, 1.807) is 0 Å². The molecule has 3 heteroatoms. The number of hydrogen-bond acceptors (Lipinski definition) is 3. The first-order valence-electron chi connectivity index (χ1n) is 7.68. The average molecular weight is 299 g/mol. The van der Waals surface area contributed by atoms with Crippen molar-refractivity contribution in [2.45, 2.75) is 13.8 Å². The molecule has 0 aliphatic carbocycles. The molecule has 0 spiro atoms. The molecule has 1 N–H and O–H groups in total. The van der Waals surface area contributed by atoms with Crippen molar-refractivity contribution in [1.82, 2.24) is 4.98 Å². The van der Waals surface area contributed by atoms with E-state index in [9.17, 15) is 0 Å². The largest absolute Gasteiger partial charge is 0.338 e. The molecule has 3 nitrogen and oxygen atoms in total. The normalized spacial score (nSPS) is 12.5. The van der Waals surface area contributed by atoms with Crippen LogP contribution >= 0.6 is 0 Å². The Morgan fingerprint density at radius 2 is 1.61 bits per heavy atom. The fraction of sp³-hybridized carbons (Fsp3) is 0.100. The minimum atomic E-state index is 0.851. The molecule has 0 saturated carbocycles. The van der Waals surface area contributed by atoms with Gasteiger partial charge in [0, 0.05) is 22.9 Å². The van der Waals surface area contributed by atoms with Crippen molar-refractivity contribution in [1.29, 1.82) is 0 Å². The zero-order valence-corrected chi connectivity index (χ0v) is 13.2. The maximum absolute atomic E-state index is 4.89. The van der Waals surface area contributed by atoms with Gasteiger partial charge in [0.25, 0.3) is 0 Å². The Hall–Kier alpha value is -2.94. The van der Waals surface area contributed by atoms with Crippen LogP contribution in [-0.4, -0.2) is 10.8 Å². The van der Waals surface area contributed by atoms with E-state index in [-0.39, 0.29) is 0 Å². The Bertz CT molecular complexity index is 908. The van der Waals surface area contributed by atoms with E-state index in [0.29, 0.717) is 0 Å². The maximum atomic E-state index is 4.89. The van der Waals surface area contributed by atoms with Crippen molar-refractivity contribution in [3.8, 4) is 11.1 Å². The summed E-state index contributed by atoms with van der Waals surface area (Å²) in [5, 5.41) is 3.45. The highest BCUT2D eigenvalue weighted by atomic mass is 15.0. The van der Waals surface area contributed by atoms with E-state index in [0.717, 1.165) is 33.9 Å². The molecular weight excluding hydrogens is 282 g/mol. The number of nitrogens with one attached hydrogen (secondary N) is 1. The highest BCUT2D eigenvalue weighted by Gasteiger charge is 2.17. The van der Waals surface area contributed by atoms with Crippen LogP contribution in [0.4, 0.5) is 11.4 Å². The summed E-state index contributed by atoms with van der Waals surface area (Å²) < 4.78 is 0. The average Bonchev–Trinajstić information content (AvgIpc) is 2.71. The Labute approximate surface area is 135 Å². The van der Waals surface area contributed by atoms with Crippen molar-refractivity contribution in [2.24, 2.45) is 4.99 Å². The highest BCUT2D eigenvalue weighted by Crippen LogP contribution is 2.38. The molecule has 0 unspecified atom stereocenters. The van der Waals surface area contributed by atoms with Crippen LogP contribution in [0.5, 0.6) is 0 Å². The summed E-state index contributed by atoms with van der Waals surface area (Å²) in [5.74, 6) is 0.851. The van der Waals surface area contributed by atoms with Gasteiger partial charge in [-0.1, -0.05) is 42.0 Å². The van der Waals surface area contributed by atoms with Gasteiger partial charge in [-0.25, -0.2) is 4.99 Å². The van der Waals surface area contributed by atoms with Crippen molar-refractivity contribution < 1.29 is 0 Å². The number of anilines is 1. The molecule has 0 bridgehead atoms. The second-order valence-corrected chi connectivity index (χ2v) is 5.89. The van der Waals surface area contributed by atoms with E-state index < -0.39 is 0 Å². The standard InChI is InChI=1S/C20H17N3/c1-13-3-6-15(7-4-13)20-22-18-11-14(2)5-8-16(18)17-9-10-21-12-19(17)23-20/h3-12H,1-2H3,(H,22,23). The van der Waals surface area contributed by atoms with Gasteiger partial charge in [-0.05, 0) is 31.5 Å². The lowest BCUT2D eigenvalue weighted by atomic mass is 10.0. The van der Waals surface area contributed by atoms with Crippen LogP contribution in [0.1, 0.15) is 16.7 Å². The first-order valence-corrected chi connectivity index (χ1v) is 7.68. The summed E-state index contributed by atoms with van der Waals surface area (Å²) in [6.07, 6.45) is 3.68. The predicted molar refractivity (Wildman–Crippen MR) is 95.4 cm³/mol. The smallest absolute Gasteiger partial charge is 0.138 e. The van der Waals surface area contributed by atoms with E-state index in [1.807, 2.05) is 18.5 Å². The Kier molecular flexibility index (Phi) is 3.19. The van der Waals surface area contributed by atoms with Gasteiger partial charge < -0.3 is 5.32 Å². The van der Waals surface area contributed by atoms with Gasteiger partial charge in [-0.3, -0.25) is 4.98 Å². The van der Waals surface area contributed by atoms with E-state index in [1.165, 1.54) is 11.1 Å². The van der Waals surface area contributed by atoms with Crippen molar-refractivity contribution in [2.75, 3.05) is 5.32 Å². The molecule has 0 fully saturated rings. The molecule has 0 radical (unpaired) electrons. The number of aliphatic imine (C=N–C) groups is 1. The van der Waals surface area contributed by atoms with Crippen molar-refractivity contribution in [3.63, 3.8) is 0 Å². The second kappa shape index (κ2) is 5.36. The Morgan fingerprint density at radius 1 is 0.826 bits per heavy atom. The van der Waals surface area contributed by atoms with Gasteiger partial charge in [0.05, 0.1) is 17.6 Å². The second-order valence-electron chi connectivity index (χ2n) is 5.89. The summed E-state index contributed by atoms with van der Waals surface area (Å²) in [4.78, 5) is 9.15. The third-order valence-electron chi connectivity index (χ3n) is 4.07. The fourth-order valence-corrected chi connectivity index (χ4v) is 2.81. The van der Waals surface area contributed by atoms with Crippen molar-refractivity contribution >= 4 is 17.2 Å². The lowest BCUT2D eigenvalue weighted by molar-refractivity contribution is 1.33. The molecule has 0 saturated heterocycles. The zero-order chi connectivity index (χ0) is 15.8. The molecule has 0 atom stereocenters. The van der Waals surface area contributed by atoms with Crippen LogP contribution in [0.15, 0.2) is 65.9 Å². The highest BCUT2D eigenvalue weighted by molar-refractivity contribution is 6.13. The molecule has 112 valence electrons. The fourth-order valence-electron chi connectivity index (χ4n) is 2.81. The lowest BCUT2D eigenvalue weighted by Crippen LogP contribution is -2.13. The summed E-state index contributed by atoms with van der Waals surface area (Å²) in [7, 11) is 0. The summed E-state index contributed by atoms with van der Waals surface area (Å²) >= 11 is 0. The van der Waals surface area contributed by atoms with Gasteiger partial charge in [0.15, 0.2) is 0 Å². The van der Waals surface area contributed by atoms with Crippen LogP contribution in [0.2, 0.25) is 0 Å². The summed E-state index contributed by atoms with van der Waals surface area (Å²) in [6, 6.07) is 16.8. The molecule has 0 amide bonds. The predicted octanol–water partition coefficient (Wildman–Crippen LogP) is 4.87. The van der Waals surface area contributed by atoms with Crippen LogP contribution in [0, 0.1) is 13.8 Å². The Balaban J connectivity index is 1.94. The number of nitrogens with zero attached hydrogens (tertiary/aromatic N) is 2. The molecule has 1 aliphatic rings. The van der Waals surface area contributed by atoms with Gasteiger partial charge in [0.2, 0.25) is 0 Å². The number of fused-ring (bicyclic) bond motifs is 3. The number of hydrogen-bond donors (Lipinski definition) is 1. The minimum Gasteiger partial charge on any atom is -0.338 e. The molecule has 2 aromatic carbocycles. The molecule has 3 aromatic rings. The van der Waals surface area contributed by atoms with Crippen LogP contribution in [0.25, 0.3) is 11.1 Å². The minimum absolute atomic E-state index is 0.851. The molecular formula is C20H17N3. The van der Waals surface area contributed by atoms with Gasteiger partial charge in [-0.15, -0.1) is 0 Å². The third kappa shape index (κ3) is 2.50. The number of amidine groups is 1. The number of pyridine rings is 1. The summed E-state index contributed by atoms with van der Waals surface area (Å²) in [5.41, 5.74) is 7.73. The van der Waals surface area contributed by atoms with E-state index >= 15 is 0 Å². The quantitative estimate of drug-likeness (QED) is 0.696. The molecule has 1 aromatic heterocycles. The maximum Gasteiger partial charge on any atom is 0.138 e. The van der Waals surface area contributed by atoms with Gasteiger partial charge >= 0.3 is 0 Å². The molecule has 4 rings (SSSR count). The molecule has 1 aliphatic heterocycles. The SMILES string of the molecule is Cc1ccc(C2=Nc3cc(C)ccc3-c3ccncc3N2)cc1. The lowest BCUT2D eigenvalue weighted by Gasteiger charge is -2.10. The monoisotopic (exact) mass is 299 g/mol. The number of rotatable bonds is 1. The summed E-state index contributed by atoms with van der Waals surface area (Å²) in [6.45, 7) is 4.18. The van der Waals surface area contributed by atoms with Gasteiger partial charge in [0.1, 0.15) is 5.84 Å². The number of aryl methyl sites for hydroxylation is 2. The van der Waals surface area contributed by atoms with Crippen LogP contribution in [0.3, 0.4) is 0 Å². The van der Waals surface area contributed by atoms with E-state index in [4.69, 9.17) is 4.99 Å². The molecule has 23 heavy (non-hydrogen) atoms. The van der Waals surface area contributed by atoms with Gasteiger partial charge in [-0.2, -0.15) is 0 Å². The topological polar surface area (TPSA) is 37.3 Å². The number of aromatic nitrogens is 1. The van der Waals surface area contributed by atoms with Crippen molar-refractivity contribution in [3.05, 3.63) is 77.6 Å². The van der Waals surface area contributed by atoms with E-state index in [2.05, 4.69) is 66.6 Å². The van der Waals surface area contributed by atoms with Crippen LogP contribution < -0.4 is 5.32 Å². The van der Waals surface area contributed by atoms with Crippen LogP contribution in [-0.2, 0) is 0 Å². The third-order valence-corrected chi connectivity index (χ3v) is 4.07. The number of benzene rings is 2. The first-order chi connectivity index (χ1) is 11.2. The Morgan fingerprint density at radius 3 is 2.43 bits per heavy atom. The first kappa shape index (κ1) is 13.7. The zero-order valence-electron chi connectivity index (χ0n) is 13.2. The molecule has 2 heterocycles.